The van der Waals surface area contributed by atoms with Crippen molar-refractivity contribution in [3.63, 3.8) is 0 Å². The van der Waals surface area contributed by atoms with Gasteiger partial charge in [0.2, 0.25) is 5.78 Å². The van der Waals surface area contributed by atoms with Crippen LogP contribution in [0.2, 0.25) is 5.02 Å². The molecule has 3 aromatic rings. The number of carbonyl (C=O) groups excluding carboxylic acids is 2. The molecule has 0 aliphatic heterocycles. The fraction of sp³-hybridized carbons (Fsp3) is 0.231. The number of benzene rings is 3. The van der Waals surface area contributed by atoms with E-state index >= 15 is 0 Å². The first kappa shape index (κ1) is 20.4. The maximum Gasteiger partial charge on any atom is 0.317 e. The Balaban J connectivity index is 1.69. The van der Waals surface area contributed by atoms with Gasteiger partial charge in [-0.2, -0.15) is 0 Å². The Morgan fingerprint density at radius 1 is 0.800 bits per heavy atom. The minimum absolute atomic E-state index is 0.223. The van der Waals surface area contributed by atoms with Gasteiger partial charge in [0, 0.05) is 16.1 Å². The van der Waals surface area contributed by atoms with Crippen molar-refractivity contribution in [1.82, 2.24) is 0 Å². The van der Waals surface area contributed by atoms with Crippen LogP contribution in [0.25, 0.3) is 0 Å². The topological polar surface area (TPSA) is 43.4 Å². The molecule has 4 rings (SSSR count). The smallest absolute Gasteiger partial charge is 0.317 e. The Labute approximate surface area is 181 Å². The molecule has 0 saturated heterocycles. The standard InChI is InChI=1S/C26H23ClO3/c27-22-15-13-21(14-16-22)26(17-7-8-18-26)25(29)30-24(20-11-5-2-6-12-20)23(28)19-9-3-1-4-10-19/h1-6,9-16,24H,7-8,17-18H2/t24-/m0/s1. The monoisotopic (exact) mass is 418 g/mol. The quantitative estimate of drug-likeness (QED) is 0.347. The number of hydrogen-bond acceptors (Lipinski definition) is 3. The van der Waals surface area contributed by atoms with Gasteiger partial charge in [-0.15, -0.1) is 0 Å². The number of carbonyl (C=O) groups is 2. The van der Waals surface area contributed by atoms with E-state index in [0.29, 0.717) is 29.0 Å². The Morgan fingerprint density at radius 3 is 1.97 bits per heavy atom. The number of ketones is 1. The van der Waals surface area contributed by atoms with Crippen LogP contribution in [0.5, 0.6) is 0 Å². The number of Topliss-reactive ketones (excluding diaryl/α,β-unsaturated/α-hetero) is 1. The molecular weight excluding hydrogens is 396 g/mol. The van der Waals surface area contributed by atoms with Crippen LogP contribution in [-0.2, 0) is 14.9 Å². The van der Waals surface area contributed by atoms with Crippen LogP contribution in [0, 0.1) is 0 Å². The number of rotatable bonds is 6. The third-order valence-corrected chi connectivity index (χ3v) is 6.12. The zero-order valence-electron chi connectivity index (χ0n) is 16.6. The number of ether oxygens (including phenoxy) is 1. The Morgan fingerprint density at radius 2 is 1.37 bits per heavy atom. The molecule has 0 spiro atoms. The first-order valence-corrected chi connectivity index (χ1v) is 10.6. The molecule has 0 amide bonds. The largest absolute Gasteiger partial charge is 0.448 e. The van der Waals surface area contributed by atoms with Crippen LogP contribution in [0.4, 0.5) is 0 Å². The van der Waals surface area contributed by atoms with E-state index in [-0.39, 0.29) is 11.8 Å². The van der Waals surface area contributed by atoms with E-state index in [0.717, 1.165) is 18.4 Å². The lowest BCUT2D eigenvalue weighted by Gasteiger charge is -2.29. The minimum atomic E-state index is -0.981. The molecule has 0 heterocycles. The molecule has 3 nitrogen and oxygen atoms in total. The van der Waals surface area contributed by atoms with Crippen molar-refractivity contribution in [2.24, 2.45) is 0 Å². The molecule has 1 fully saturated rings. The first-order chi connectivity index (χ1) is 14.6. The number of esters is 1. The summed E-state index contributed by atoms with van der Waals surface area (Å²) in [5.74, 6) is -0.570. The van der Waals surface area contributed by atoms with Gasteiger partial charge in [-0.1, -0.05) is 97.2 Å². The summed E-state index contributed by atoms with van der Waals surface area (Å²) in [5, 5.41) is 0.627. The van der Waals surface area contributed by atoms with E-state index in [4.69, 9.17) is 16.3 Å². The van der Waals surface area contributed by atoms with E-state index in [9.17, 15) is 9.59 Å². The lowest BCUT2D eigenvalue weighted by Crippen LogP contribution is -2.37. The van der Waals surface area contributed by atoms with Gasteiger partial charge in [0.1, 0.15) is 0 Å². The number of hydrogen-bond donors (Lipinski definition) is 0. The lowest BCUT2D eigenvalue weighted by atomic mass is 9.79. The van der Waals surface area contributed by atoms with Crippen LogP contribution < -0.4 is 0 Å². The molecule has 0 aromatic heterocycles. The normalized spacial score (nSPS) is 16.0. The van der Waals surface area contributed by atoms with Gasteiger partial charge in [-0.05, 0) is 30.5 Å². The summed E-state index contributed by atoms with van der Waals surface area (Å²) in [6.07, 6.45) is 2.31. The molecule has 0 unspecified atom stereocenters. The molecule has 30 heavy (non-hydrogen) atoms. The van der Waals surface area contributed by atoms with E-state index in [2.05, 4.69) is 0 Å². The third kappa shape index (κ3) is 4.03. The van der Waals surface area contributed by atoms with Crippen molar-refractivity contribution in [1.29, 1.82) is 0 Å². The van der Waals surface area contributed by atoms with Crippen molar-refractivity contribution in [2.75, 3.05) is 0 Å². The second-order valence-electron chi connectivity index (χ2n) is 7.72. The van der Waals surface area contributed by atoms with Gasteiger partial charge in [-0.25, -0.2) is 0 Å². The molecule has 0 radical (unpaired) electrons. The van der Waals surface area contributed by atoms with Gasteiger partial charge in [0.15, 0.2) is 6.10 Å². The van der Waals surface area contributed by atoms with E-state index in [1.807, 2.05) is 60.7 Å². The van der Waals surface area contributed by atoms with Crippen LogP contribution in [-0.4, -0.2) is 11.8 Å². The summed E-state index contributed by atoms with van der Waals surface area (Å²) < 4.78 is 6.00. The molecule has 1 atom stereocenters. The summed E-state index contributed by atoms with van der Waals surface area (Å²) >= 11 is 6.06. The highest BCUT2D eigenvalue weighted by atomic mass is 35.5. The van der Waals surface area contributed by atoms with Gasteiger partial charge in [-0.3, -0.25) is 9.59 Å². The highest BCUT2D eigenvalue weighted by Crippen LogP contribution is 2.43. The van der Waals surface area contributed by atoms with E-state index in [1.165, 1.54) is 0 Å². The van der Waals surface area contributed by atoms with Gasteiger partial charge in [0.05, 0.1) is 5.41 Å². The SMILES string of the molecule is O=C(c1ccccc1)[C@@H](OC(=O)C1(c2ccc(Cl)cc2)CCCC1)c1ccccc1. The molecule has 1 saturated carbocycles. The van der Waals surface area contributed by atoms with E-state index < -0.39 is 11.5 Å². The third-order valence-electron chi connectivity index (χ3n) is 5.87. The van der Waals surface area contributed by atoms with Gasteiger partial charge >= 0.3 is 5.97 Å². The molecule has 3 aromatic carbocycles. The molecule has 1 aliphatic rings. The molecule has 1 aliphatic carbocycles. The molecule has 152 valence electrons. The van der Waals surface area contributed by atoms with Crippen molar-refractivity contribution in [3.05, 3.63) is 107 Å². The highest BCUT2D eigenvalue weighted by Gasteiger charge is 2.45. The second kappa shape index (κ2) is 8.85. The fourth-order valence-corrected chi connectivity index (χ4v) is 4.36. The molecule has 0 N–H and O–H groups in total. The predicted octanol–water partition coefficient (Wildman–Crippen LogP) is 6.32. The van der Waals surface area contributed by atoms with Crippen LogP contribution in [0.3, 0.4) is 0 Å². The zero-order valence-corrected chi connectivity index (χ0v) is 17.3. The Hall–Kier alpha value is -2.91. The average Bonchev–Trinajstić information content (AvgIpc) is 3.30. The molecule has 4 heteroatoms. The summed E-state index contributed by atoms with van der Waals surface area (Å²) in [5.41, 5.74) is 1.35. The van der Waals surface area contributed by atoms with E-state index in [1.54, 1.807) is 24.3 Å². The van der Waals surface area contributed by atoms with Crippen LogP contribution in [0.1, 0.15) is 53.3 Å². The van der Waals surface area contributed by atoms with Gasteiger partial charge in [0.25, 0.3) is 0 Å². The molecular formula is C26H23ClO3. The van der Waals surface area contributed by atoms with Crippen molar-refractivity contribution < 1.29 is 14.3 Å². The van der Waals surface area contributed by atoms with Crippen molar-refractivity contribution in [2.45, 2.75) is 37.2 Å². The highest BCUT2D eigenvalue weighted by molar-refractivity contribution is 6.30. The fourth-order valence-electron chi connectivity index (χ4n) is 4.23. The minimum Gasteiger partial charge on any atom is -0.448 e. The first-order valence-electron chi connectivity index (χ1n) is 10.2. The summed E-state index contributed by atoms with van der Waals surface area (Å²) in [4.78, 5) is 26.9. The predicted molar refractivity (Wildman–Crippen MR) is 118 cm³/mol. The maximum absolute atomic E-state index is 13.6. The molecule has 0 bridgehead atoms. The second-order valence-corrected chi connectivity index (χ2v) is 8.16. The zero-order chi connectivity index (χ0) is 21.0. The maximum atomic E-state index is 13.6. The van der Waals surface area contributed by atoms with Crippen molar-refractivity contribution in [3.8, 4) is 0 Å². The average molecular weight is 419 g/mol. The number of halogens is 1. The van der Waals surface area contributed by atoms with Gasteiger partial charge < -0.3 is 4.74 Å². The van der Waals surface area contributed by atoms with Crippen LogP contribution in [0.15, 0.2) is 84.9 Å². The Bertz CT molecular complexity index is 1010. The lowest BCUT2D eigenvalue weighted by molar-refractivity contribution is -0.154. The Kier molecular flexibility index (Phi) is 6.01. The van der Waals surface area contributed by atoms with Crippen LogP contribution >= 0.6 is 11.6 Å². The summed E-state index contributed by atoms with van der Waals surface area (Å²) in [6.45, 7) is 0. The van der Waals surface area contributed by atoms with Crippen molar-refractivity contribution >= 4 is 23.4 Å². The summed E-state index contributed by atoms with van der Waals surface area (Å²) in [7, 11) is 0. The summed E-state index contributed by atoms with van der Waals surface area (Å²) in [6, 6.07) is 25.6.